The normalized spacial score (nSPS) is 12.8. The Morgan fingerprint density at radius 3 is 2.52 bits per heavy atom. The van der Waals surface area contributed by atoms with Crippen LogP contribution in [0, 0.1) is 0 Å². The molecule has 0 fully saturated rings. The van der Waals surface area contributed by atoms with Gasteiger partial charge in [0, 0.05) is 13.3 Å². The first-order chi connectivity index (χ1) is 10.2. The first-order valence-corrected chi connectivity index (χ1v) is 7.57. The minimum atomic E-state index is 0.207. The highest BCUT2D eigenvalue weighted by Gasteiger charge is 2.29. The number of hydrogen-bond acceptors (Lipinski definition) is 4. The van der Waals surface area contributed by atoms with E-state index in [0.717, 1.165) is 31.7 Å². The summed E-state index contributed by atoms with van der Waals surface area (Å²) in [4.78, 5) is 2.30. The summed E-state index contributed by atoms with van der Waals surface area (Å²) in [6.45, 7) is 9.15. The maximum atomic E-state index is 5.95. The summed E-state index contributed by atoms with van der Waals surface area (Å²) >= 11 is 0. The molecule has 0 radical (unpaired) electrons. The molecule has 0 amide bonds. The maximum Gasteiger partial charge on any atom is 0.297 e. The fourth-order valence-corrected chi connectivity index (χ4v) is 2.50. The maximum absolute atomic E-state index is 5.95. The number of anilines is 1. The Hall–Kier alpha value is -1.88. The van der Waals surface area contributed by atoms with Crippen molar-refractivity contribution in [1.29, 1.82) is 0 Å². The third-order valence-corrected chi connectivity index (χ3v) is 3.85. The van der Waals surface area contributed by atoms with Crippen LogP contribution in [0.1, 0.15) is 38.1 Å². The van der Waals surface area contributed by atoms with E-state index in [9.17, 15) is 0 Å². The molecule has 0 saturated carbocycles. The van der Waals surface area contributed by atoms with E-state index in [2.05, 4.69) is 55.2 Å². The second-order valence-corrected chi connectivity index (χ2v) is 5.33. The van der Waals surface area contributed by atoms with Crippen LogP contribution in [-0.4, -0.2) is 23.3 Å². The van der Waals surface area contributed by atoms with Crippen LogP contribution in [0.15, 0.2) is 34.9 Å². The predicted molar refractivity (Wildman–Crippen MR) is 82.6 cm³/mol. The lowest BCUT2D eigenvalue weighted by molar-refractivity contribution is -0.788. The molecule has 1 atom stereocenters. The fraction of sp³-hybridized carbons (Fsp3) is 0.500. The van der Waals surface area contributed by atoms with Gasteiger partial charge < -0.3 is 5.73 Å². The summed E-state index contributed by atoms with van der Waals surface area (Å²) in [6, 6.07) is 10.6. The van der Waals surface area contributed by atoms with E-state index < -0.39 is 0 Å². The zero-order valence-electron chi connectivity index (χ0n) is 13.1. The lowest BCUT2D eigenvalue weighted by atomic mass is 10.1. The van der Waals surface area contributed by atoms with Gasteiger partial charge in [0.15, 0.2) is 6.04 Å². The topological polar surface area (TPSA) is 59.2 Å². The van der Waals surface area contributed by atoms with Gasteiger partial charge in [0.1, 0.15) is 0 Å². The smallest absolute Gasteiger partial charge is 0.297 e. The van der Waals surface area contributed by atoms with Crippen LogP contribution < -0.4 is 10.4 Å². The van der Waals surface area contributed by atoms with Crippen LogP contribution in [0.2, 0.25) is 0 Å². The van der Waals surface area contributed by atoms with Crippen molar-refractivity contribution in [2.45, 2.75) is 39.8 Å². The summed E-state index contributed by atoms with van der Waals surface area (Å²) in [5.41, 5.74) is 8.20. The summed E-state index contributed by atoms with van der Waals surface area (Å²) in [7, 11) is 0. The summed E-state index contributed by atoms with van der Waals surface area (Å²) in [5, 5.41) is 4.12. The molecular formula is C16H25N4O+. The lowest BCUT2D eigenvalue weighted by Gasteiger charge is -2.15. The van der Waals surface area contributed by atoms with Crippen molar-refractivity contribution >= 4 is 5.88 Å². The second-order valence-electron chi connectivity index (χ2n) is 5.33. The zero-order valence-corrected chi connectivity index (χ0v) is 13.1. The van der Waals surface area contributed by atoms with Crippen molar-refractivity contribution < 1.29 is 9.20 Å². The first kappa shape index (κ1) is 15.5. The highest BCUT2D eigenvalue weighted by molar-refractivity contribution is 5.25. The van der Waals surface area contributed by atoms with E-state index in [-0.39, 0.29) is 6.04 Å². The Kier molecular flexibility index (Phi) is 5.33. The number of rotatable bonds is 7. The Morgan fingerprint density at radius 2 is 1.90 bits per heavy atom. The van der Waals surface area contributed by atoms with E-state index in [0.29, 0.717) is 5.88 Å². The molecule has 5 heteroatoms. The SMILES string of the molecule is CCN(CC)Cc1c(N)on[n+]1C(C)Cc1ccccc1. The molecule has 114 valence electrons. The fourth-order valence-electron chi connectivity index (χ4n) is 2.50. The second kappa shape index (κ2) is 7.22. The molecule has 2 N–H and O–H groups in total. The van der Waals surface area contributed by atoms with E-state index in [1.165, 1.54) is 5.56 Å². The number of nitrogens with zero attached hydrogens (tertiary/aromatic N) is 3. The molecule has 0 aliphatic carbocycles. The predicted octanol–water partition coefficient (Wildman–Crippen LogP) is 2.19. The average molecular weight is 289 g/mol. The van der Waals surface area contributed by atoms with E-state index in [4.69, 9.17) is 10.3 Å². The quantitative estimate of drug-likeness (QED) is 0.794. The van der Waals surface area contributed by atoms with Crippen LogP contribution in [-0.2, 0) is 13.0 Å². The molecule has 0 aliphatic rings. The van der Waals surface area contributed by atoms with Gasteiger partial charge in [-0.15, -0.1) is 0 Å². The zero-order chi connectivity index (χ0) is 15.2. The number of hydrogen-bond donors (Lipinski definition) is 1. The van der Waals surface area contributed by atoms with Gasteiger partial charge in [-0.05, 0) is 23.3 Å². The monoisotopic (exact) mass is 289 g/mol. The van der Waals surface area contributed by atoms with Crippen LogP contribution in [0.3, 0.4) is 0 Å². The van der Waals surface area contributed by atoms with E-state index in [1.807, 2.05) is 10.7 Å². The molecule has 5 nitrogen and oxygen atoms in total. The van der Waals surface area contributed by atoms with Crippen molar-refractivity contribution in [2.75, 3.05) is 18.8 Å². The average Bonchev–Trinajstić information content (AvgIpc) is 2.86. The Labute approximate surface area is 126 Å². The molecule has 0 saturated heterocycles. The van der Waals surface area contributed by atoms with Gasteiger partial charge in [0.25, 0.3) is 11.6 Å². The lowest BCUT2D eigenvalue weighted by Crippen LogP contribution is -2.46. The molecule has 1 aromatic carbocycles. The number of benzene rings is 1. The molecule has 0 aliphatic heterocycles. The number of aromatic nitrogens is 2. The van der Waals surface area contributed by atoms with Gasteiger partial charge in [-0.2, -0.15) is 0 Å². The number of nitrogen functional groups attached to an aromatic ring is 1. The van der Waals surface area contributed by atoms with Crippen molar-refractivity contribution in [3.05, 3.63) is 41.6 Å². The van der Waals surface area contributed by atoms with Gasteiger partial charge in [-0.3, -0.25) is 9.42 Å². The molecule has 21 heavy (non-hydrogen) atoms. The Morgan fingerprint density at radius 1 is 1.24 bits per heavy atom. The molecule has 2 aromatic rings. The molecular weight excluding hydrogens is 264 g/mol. The van der Waals surface area contributed by atoms with Crippen LogP contribution in [0.4, 0.5) is 5.88 Å². The van der Waals surface area contributed by atoms with Crippen molar-refractivity contribution in [3.8, 4) is 0 Å². The molecule has 1 heterocycles. The van der Waals surface area contributed by atoms with E-state index >= 15 is 0 Å². The molecule has 2 rings (SSSR count). The molecule has 1 aromatic heterocycles. The standard InChI is InChI=1S/C16H25N4O/c1-4-19(5-2)12-15-16(17)21-18-20(15)13(3)11-14-9-7-6-8-10-14/h6-10,13H,4-5,11-12,17H2,1-3H3/q+1. The highest BCUT2D eigenvalue weighted by Crippen LogP contribution is 2.14. The van der Waals surface area contributed by atoms with Crippen LogP contribution in [0.5, 0.6) is 0 Å². The largest absolute Gasteiger partial charge is 0.362 e. The third-order valence-electron chi connectivity index (χ3n) is 3.85. The Balaban J connectivity index is 2.15. The minimum Gasteiger partial charge on any atom is -0.362 e. The van der Waals surface area contributed by atoms with Crippen molar-refractivity contribution in [3.63, 3.8) is 0 Å². The highest BCUT2D eigenvalue weighted by atomic mass is 16.5. The summed E-state index contributed by atoms with van der Waals surface area (Å²) < 4.78 is 7.13. The van der Waals surface area contributed by atoms with Gasteiger partial charge in [0.2, 0.25) is 5.27 Å². The van der Waals surface area contributed by atoms with Crippen LogP contribution >= 0.6 is 0 Å². The molecule has 1 unspecified atom stereocenters. The van der Waals surface area contributed by atoms with Gasteiger partial charge in [0.05, 0.1) is 6.54 Å². The van der Waals surface area contributed by atoms with Gasteiger partial charge in [-0.25, -0.2) is 0 Å². The first-order valence-electron chi connectivity index (χ1n) is 7.57. The third kappa shape index (κ3) is 3.82. The van der Waals surface area contributed by atoms with Crippen molar-refractivity contribution in [2.24, 2.45) is 0 Å². The van der Waals surface area contributed by atoms with Gasteiger partial charge >= 0.3 is 0 Å². The summed E-state index contributed by atoms with van der Waals surface area (Å²) in [6.07, 6.45) is 0.905. The van der Waals surface area contributed by atoms with Gasteiger partial charge in [-0.1, -0.05) is 44.2 Å². The van der Waals surface area contributed by atoms with Crippen molar-refractivity contribution in [1.82, 2.24) is 10.2 Å². The molecule has 0 bridgehead atoms. The summed E-state index contributed by atoms with van der Waals surface area (Å²) in [5.74, 6) is 0.418. The van der Waals surface area contributed by atoms with Crippen LogP contribution in [0.25, 0.3) is 0 Å². The van der Waals surface area contributed by atoms with E-state index in [1.54, 1.807) is 0 Å². The molecule has 0 spiro atoms. The Bertz CT molecular complexity index is 549. The number of nitrogens with two attached hydrogens (primary N) is 1. The minimum absolute atomic E-state index is 0.207.